The molecule has 0 aliphatic carbocycles. The third kappa shape index (κ3) is 2.05. The molecule has 0 fully saturated rings. The van der Waals surface area contributed by atoms with Crippen molar-refractivity contribution < 1.29 is 13.2 Å². The Morgan fingerprint density at radius 1 is 1.33 bits per heavy atom. The van der Waals surface area contributed by atoms with Gasteiger partial charge in [0.2, 0.25) is 0 Å². The maximum atomic E-state index is 13.2. The fraction of sp³-hybridized carbons (Fsp3) is 0.417. The highest BCUT2D eigenvalue weighted by Gasteiger charge is 2.37. The lowest BCUT2D eigenvalue weighted by atomic mass is 9.93. The smallest absolute Gasteiger partial charge is 0.375 e. The molecule has 2 N–H and O–H groups in total. The monoisotopic (exact) mass is 274 g/mol. The molecule has 1 heterocycles. The molecule has 0 amide bonds. The highest BCUT2D eigenvalue weighted by atomic mass is 32.1. The van der Waals surface area contributed by atoms with Crippen LogP contribution in [0.1, 0.15) is 36.5 Å². The summed E-state index contributed by atoms with van der Waals surface area (Å²) in [5, 5.41) is 0.297. The Bertz CT molecular complexity index is 599. The van der Waals surface area contributed by atoms with Crippen LogP contribution in [0, 0.1) is 6.92 Å². The second kappa shape index (κ2) is 4.12. The minimum atomic E-state index is -4.35. The van der Waals surface area contributed by atoms with Gasteiger partial charge in [-0.25, -0.2) is 4.98 Å². The number of hydrogen-bond donors (Lipinski definition) is 1. The first-order valence-corrected chi connectivity index (χ1v) is 6.30. The van der Waals surface area contributed by atoms with Crippen LogP contribution in [0.5, 0.6) is 0 Å². The van der Waals surface area contributed by atoms with Gasteiger partial charge in [-0.15, -0.1) is 0 Å². The van der Waals surface area contributed by atoms with Crippen molar-refractivity contribution in [3.05, 3.63) is 22.8 Å². The van der Waals surface area contributed by atoms with Gasteiger partial charge in [-0.1, -0.05) is 25.2 Å². The van der Waals surface area contributed by atoms with Crippen LogP contribution in [0.2, 0.25) is 0 Å². The predicted molar refractivity (Wildman–Crippen MR) is 67.9 cm³/mol. The van der Waals surface area contributed by atoms with Crippen molar-refractivity contribution in [1.82, 2.24) is 4.98 Å². The van der Waals surface area contributed by atoms with E-state index in [-0.39, 0.29) is 11.5 Å². The second-order valence-electron chi connectivity index (χ2n) is 4.53. The number of nitrogens with zero attached hydrogens (tertiary/aromatic N) is 1. The largest absolute Gasteiger partial charge is 0.416 e. The third-order valence-corrected chi connectivity index (χ3v) is 3.73. The normalized spacial score (nSPS) is 12.6. The lowest BCUT2D eigenvalue weighted by Crippen LogP contribution is -2.12. The van der Waals surface area contributed by atoms with Crippen molar-refractivity contribution in [2.75, 3.05) is 5.73 Å². The number of nitrogen functional groups attached to an aromatic ring is 1. The quantitative estimate of drug-likeness (QED) is 0.840. The first kappa shape index (κ1) is 13.1. The van der Waals surface area contributed by atoms with E-state index in [0.29, 0.717) is 20.9 Å². The summed E-state index contributed by atoms with van der Waals surface area (Å²) in [6.45, 7) is 4.96. The molecule has 2 rings (SSSR count). The van der Waals surface area contributed by atoms with E-state index in [9.17, 15) is 13.2 Å². The lowest BCUT2D eigenvalue weighted by Gasteiger charge is -2.18. The highest BCUT2D eigenvalue weighted by Crippen LogP contribution is 2.43. The molecule has 0 radical (unpaired) electrons. The molecular weight excluding hydrogens is 261 g/mol. The molecular formula is C12H13F3N2S. The number of fused-ring (bicyclic) bond motifs is 1. The van der Waals surface area contributed by atoms with Crippen LogP contribution in [0.15, 0.2) is 6.07 Å². The Morgan fingerprint density at radius 2 is 1.94 bits per heavy atom. The summed E-state index contributed by atoms with van der Waals surface area (Å²) in [5.74, 6) is -0.233. The van der Waals surface area contributed by atoms with Crippen LogP contribution in [-0.4, -0.2) is 4.98 Å². The molecule has 0 saturated heterocycles. The molecule has 0 unspecified atom stereocenters. The number of rotatable bonds is 1. The molecule has 98 valence electrons. The van der Waals surface area contributed by atoms with Gasteiger partial charge in [0.15, 0.2) is 5.13 Å². The number of nitrogens with two attached hydrogens (primary N) is 1. The summed E-state index contributed by atoms with van der Waals surface area (Å²) in [6, 6.07) is 1.46. The summed E-state index contributed by atoms with van der Waals surface area (Å²) >= 11 is 1.11. The maximum Gasteiger partial charge on any atom is 0.416 e. The van der Waals surface area contributed by atoms with Gasteiger partial charge in [0, 0.05) is 0 Å². The zero-order chi connectivity index (χ0) is 13.7. The Morgan fingerprint density at radius 3 is 2.44 bits per heavy atom. The molecule has 18 heavy (non-hydrogen) atoms. The van der Waals surface area contributed by atoms with Crippen LogP contribution in [0.25, 0.3) is 10.2 Å². The lowest BCUT2D eigenvalue weighted by molar-refractivity contribution is -0.138. The molecule has 2 aromatic rings. The first-order chi connectivity index (χ1) is 8.21. The van der Waals surface area contributed by atoms with E-state index in [2.05, 4.69) is 4.98 Å². The zero-order valence-corrected chi connectivity index (χ0v) is 11.0. The number of anilines is 1. The SMILES string of the molecule is Cc1cc2nc(N)sc2c(C(C)C)c1C(F)(F)F. The van der Waals surface area contributed by atoms with Crippen LogP contribution < -0.4 is 5.73 Å². The Hall–Kier alpha value is -1.30. The highest BCUT2D eigenvalue weighted by molar-refractivity contribution is 7.22. The molecule has 0 bridgehead atoms. The Kier molecular flexibility index (Phi) is 3.01. The van der Waals surface area contributed by atoms with Crippen LogP contribution in [0.4, 0.5) is 18.3 Å². The van der Waals surface area contributed by atoms with E-state index < -0.39 is 11.7 Å². The van der Waals surface area contributed by atoms with Gasteiger partial charge in [-0.3, -0.25) is 0 Å². The fourth-order valence-corrected chi connectivity index (χ4v) is 3.18. The van der Waals surface area contributed by atoms with Crippen molar-refractivity contribution in [2.24, 2.45) is 0 Å². The molecule has 1 aromatic carbocycles. The number of thiazole rings is 1. The standard InChI is InChI=1S/C12H13F3N2S/c1-5(2)8-9(12(13,14)15)6(3)4-7-10(8)18-11(16)17-7/h4-5H,1-3H3,(H2,16,17). The topological polar surface area (TPSA) is 38.9 Å². The molecule has 2 nitrogen and oxygen atoms in total. The first-order valence-electron chi connectivity index (χ1n) is 5.48. The molecule has 6 heteroatoms. The molecule has 0 aliphatic rings. The Labute approximate surface area is 107 Å². The van der Waals surface area contributed by atoms with Crippen molar-refractivity contribution in [3.63, 3.8) is 0 Å². The van der Waals surface area contributed by atoms with Crippen molar-refractivity contribution >= 4 is 26.7 Å². The van der Waals surface area contributed by atoms with Gasteiger partial charge in [-0.05, 0) is 30.0 Å². The van der Waals surface area contributed by atoms with Gasteiger partial charge in [0.05, 0.1) is 15.8 Å². The summed E-state index contributed by atoms with van der Waals surface area (Å²) in [5.41, 5.74) is 6.09. The predicted octanol–water partition coefficient (Wildman–Crippen LogP) is 4.33. The van der Waals surface area contributed by atoms with Crippen LogP contribution >= 0.6 is 11.3 Å². The number of alkyl halides is 3. The summed E-state index contributed by atoms with van der Waals surface area (Å²) in [7, 11) is 0. The second-order valence-corrected chi connectivity index (χ2v) is 5.57. The van der Waals surface area contributed by atoms with E-state index in [1.54, 1.807) is 13.8 Å². The third-order valence-electron chi connectivity index (χ3n) is 2.79. The van der Waals surface area contributed by atoms with E-state index >= 15 is 0 Å². The molecule has 0 spiro atoms. The van der Waals surface area contributed by atoms with Crippen molar-refractivity contribution in [1.29, 1.82) is 0 Å². The van der Waals surface area contributed by atoms with Gasteiger partial charge < -0.3 is 5.73 Å². The molecule has 0 saturated carbocycles. The molecule has 0 aliphatic heterocycles. The van der Waals surface area contributed by atoms with Crippen LogP contribution in [0.3, 0.4) is 0 Å². The minimum absolute atomic E-state index is 0.198. The number of aromatic nitrogens is 1. The van der Waals surface area contributed by atoms with E-state index in [1.165, 1.54) is 13.0 Å². The van der Waals surface area contributed by atoms with E-state index in [0.717, 1.165) is 11.3 Å². The minimum Gasteiger partial charge on any atom is -0.375 e. The van der Waals surface area contributed by atoms with Crippen molar-refractivity contribution in [2.45, 2.75) is 32.9 Å². The Balaban J connectivity index is 2.92. The van der Waals surface area contributed by atoms with Gasteiger partial charge in [-0.2, -0.15) is 13.2 Å². The van der Waals surface area contributed by atoms with Crippen molar-refractivity contribution in [3.8, 4) is 0 Å². The van der Waals surface area contributed by atoms with Gasteiger partial charge in [0.25, 0.3) is 0 Å². The van der Waals surface area contributed by atoms with E-state index in [4.69, 9.17) is 5.73 Å². The summed E-state index contributed by atoms with van der Waals surface area (Å²) in [6.07, 6.45) is -4.35. The number of hydrogen-bond acceptors (Lipinski definition) is 3. The van der Waals surface area contributed by atoms with Gasteiger partial charge >= 0.3 is 6.18 Å². The average molecular weight is 274 g/mol. The summed E-state index contributed by atoms with van der Waals surface area (Å²) in [4.78, 5) is 4.07. The maximum absolute atomic E-state index is 13.2. The van der Waals surface area contributed by atoms with E-state index in [1.807, 2.05) is 0 Å². The van der Waals surface area contributed by atoms with Crippen LogP contribution in [-0.2, 0) is 6.18 Å². The number of benzene rings is 1. The summed E-state index contributed by atoms with van der Waals surface area (Å²) < 4.78 is 40.0. The van der Waals surface area contributed by atoms with Gasteiger partial charge in [0.1, 0.15) is 0 Å². The number of halogens is 3. The fourth-order valence-electron chi connectivity index (χ4n) is 2.17. The zero-order valence-electron chi connectivity index (χ0n) is 10.2. The average Bonchev–Trinajstić information content (AvgIpc) is 2.53. The molecule has 1 aromatic heterocycles. The number of aryl methyl sites for hydroxylation is 1. The molecule has 0 atom stereocenters.